The van der Waals surface area contributed by atoms with Crippen molar-refractivity contribution in [2.75, 3.05) is 32.2 Å². The van der Waals surface area contributed by atoms with Crippen LogP contribution >= 0.6 is 15.9 Å². The first-order valence-electron chi connectivity index (χ1n) is 11.7. The van der Waals surface area contributed by atoms with Gasteiger partial charge in [-0.1, -0.05) is 40.0 Å². The molecule has 2 aliphatic rings. The Balaban J connectivity index is 1.98. The first-order chi connectivity index (χ1) is 17.9. The third-order valence-electron chi connectivity index (χ3n) is 6.43. The molecule has 0 aliphatic carbocycles. The van der Waals surface area contributed by atoms with Crippen LogP contribution in [0.25, 0.3) is 0 Å². The number of carbonyl (C=O) groups is 3. The highest BCUT2D eigenvalue weighted by Gasteiger charge is 2.51. The van der Waals surface area contributed by atoms with Gasteiger partial charge >= 0.3 is 11.9 Å². The summed E-state index contributed by atoms with van der Waals surface area (Å²) in [5, 5.41) is 0. The Morgan fingerprint density at radius 3 is 2.35 bits per heavy atom. The number of benzene rings is 2. The van der Waals surface area contributed by atoms with Crippen LogP contribution in [0.4, 0.5) is 5.69 Å². The van der Waals surface area contributed by atoms with Crippen LogP contribution in [0.1, 0.15) is 35.7 Å². The zero-order chi connectivity index (χ0) is 26.7. The molecule has 0 fully saturated rings. The van der Waals surface area contributed by atoms with Crippen molar-refractivity contribution in [3.05, 3.63) is 75.4 Å². The first kappa shape index (κ1) is 26.2. The highest BCUT2D eigenvalue weighted by molar-refractivity contribution is 9.10. The third-order valence-corrected chi connectivity index (χ3v) is 6.96. The molecular weight excluding hydrogens is 538 g/mol. The summed E-state index contributed by atoms with van der Waals surface area (Å²) in [6, 6.07) is 14.0. The molecule has 37 heavy (non-hydrogen) atoms. The van der Waals surface area contributed by atoms with Crippen molar-refractivity contribution in [1.82, 2.24) is 4.90 Å². The Kier molecular flexibility index (Phi) is 7.79. The van der Waals surface area contributed by atoms with Gasteiger partial charge in [0.2, 0.25) is 0 Å². The maximum atomic E-state index is 13.7. The van der Waals surface area contributed by atoms with Gasteiger partial charge in [0.25, 0.3) is 5.91 Å². The predicted octanol–water partition coefficient (Wildman–Crippen LogP) is 3.92. The van der Waals surface area contributed by atoms with E-state index in [4.69, 9.17) is 9.47 Å². The molecule has 0 N–H and O–H groups in total. The van der Waals surface area contributed by atoms with E-state index in [1.807, 2.05) is 36.1 Å². The molecule has 0 saturated carbocycles. The van der Waals surface area contributed by atoms with Gasteiger partial charge in [0.05, 0.1) is 38.3 Å². The van der Waals surface area contributed by atoms with E-state index < -0.39 is 23.9 Å². The number of nitrogens with zero attached hydrogens (tertiary/aromatic N) is 3. The van der Waals surface area contributed by atoms with Crippen molar-refractivity contribution in [1.29, 1.82) is 0 Å². The van der Waals surface area contributed by atoms with E-state index in [0.29, 0.717) is 17.9 Å². The Morgan fingerprint density at radius 1 is 1.05 bits per heavy atom. The Morgan fingerprint density at radius 2 is 1.73 bits per heavy atom. The van der Waals surface area contributed by atoms with Crippen LogP contribution in [0.15, 0.2) is 69.3 Å². The van der Waals surface area contributed by atoms with Crippen molar-refractivity contribution in [3.8, 4) is 11.8 Å². The van der Waals surface area contributed by atoms with Crippen LogP contribution in [0.5, 0.6) is 0 Å². The van der Waals surface area contributed by atoms with Gasteiger partial charge in [-0.15, -0.1) is 5.92 Å². The van der Waals surface area contributed by atoms with Gasteiger partial charge in [-0.2, -0.15) is 0 Å². The summed E-state index contributed by atoms with van der Waals surface area (Å²) >= 11 is 3.40. The summed E-state index contributed by atoms with van der Waals surface area (Å²) in [5.41, 5.74) is 2.06. The number of hydrogen-bond acceptors (Lipinski definition) is 7. The lowest BCUT2D eigenvalue weighted by atomic mass is 9.84. The zero-order valence-electron chi connectivity index (χ0n) is 20.9. The monoisotopic (exact) mass is 563 g/mol. The molecule has 2 heterocycles. The maximum absolute atomic E-state index is 13.7. The smallest absolute Gasteiger partial charge is 0.357 e. The molecule has 2 unspecified atom stereocenters. The number of ether oxygens (including phenoxy) is 2. The molecular formula is C28H26BrN3O5. The van der Waals surface area contributed by atoms with Crippen molar-refractivity contribution in [2.24, 2.45) is 4.99 Å². The molecule has 2 atom stereocenters. The average molecular weight is 564 g/mol. The summed E-state index contributed by atoms with van der Waals surface area (Å²) in [5.74, 6) is 4.04. The standard InChI is InChI=1S/C28H26BrN3O5/c1-5-7-16-32-20-11-9-8-10-19(20)21-24(32)22(27(34)36-3)23(28(35)37-4)30-25(21)31(6-2)26(33)17-12-14-18(29)15-13-17/h8-15,21,24H,6,16H2,1-4H3. The Hall–Kier alpha value is -3.90. The molecule has 0 bridgehead atoms. The third kappa shape index (κ3) is 4.65. The number of amidine groups is 1. The van der Waals surface area contributed by atoms with Crippen LogP contribution in [0, 0.1) is 11.8 Å². The fourth-order valence-electron chi connectivity index (χ4n) is 4.81. The van der Waals surface area contributed by atoms with Gasteiger partial charge in [-0.3, -0.25) is 9.69 Å². The normalized spacial score (nSPS) is 17.6. The first-order valence-corrected chi connectivity index (χ1v) is 12.5. The van der Waals surface area contributed by atoms with Crippen molar-refractivity contribution in [3.63, 3.8) is 0 Å². The molecule has 0 radical (unpaired) electrons. The maximum Gasteiger partial charge on any atom is 0.357 e. The molecule has 190 valence electrons. The fourth-order valence-corrected chi connectivity index (χ4v) is 5.08. The molecule has 4 rings (SSSR count). The second-order valence-corrected chi connectivity index (χ2v) is 9.22. The summed E-state index contributed by atoms with van der Waals surface area (Å²) in [6.45, 7) is 4.16. The lowest BCUT2D eigenvalue weighted by Crippen LogP contribution is -2.50. The van der Waals surface area contributed by atoms with Crippen molar-refractivity contribution >= 4 is 45.3 Å². The number of halogens is 1. The summed E-state index contributed by atoms with van der Waals surface area (Å²) < 4.78 is 11.0. The van der Waals surface area contributed by atoms with E-state index >= 15 is 0 Å². The van der Waals surface area contributed by atoms with Crippen LogP contribution in [0.3, 0.4) is 0 Å². The fraction of sp³-hybridized carbons (Fsp3) is 0.286. The quantitative estimate of drug-likeness (QED) is 0.404. The molecule has 2 aliphatic heterocycles. The van der Waals surface area contributed by atoms with Crippen LogP contribution in [-0.4, -0.2) is 61.9 Å². The lowest BCUT2D eigenvalue weighted by molar-refractivity contribution is -0.139. The number of methoxy groups -OCH3 is 2. The summed E-state index contributed by atoms with van der Waals surface area (Å²) in [7, 11) is 2.48. The molecule has 8 nitrogen and oxygen atoms in total. The predicted molar refractivity (Wildman–Crippen MR) is 143 cm³/mol. The number of hydrogen-bond donors (Lipinski definition) is 0. The summed E-state index contributed by atoms with van der Waals surface area (Å²) in [6.07, 6.45) is 0. The summed E-state index contributed by atoms with van der Waals surface area (Å²) in [4.78, 5) is 48.0. The van der Waals surface area contributed by atoms with Gasteiger partial charge in [-0.25, -0.2) is 14.6 Å². The molecule has 0 spiro atoms. The number of para-hydroxylation sites is 1. The average Bonchev–Trinajstić information content (AvgIpc) is 3.25. The molecule has 0 aromatic heterocycles. The van der Waals surface area contributed by atoms with E-state index in [9.17, 15) is 14.4 Å². The van der Waals surface area contributed by atoms with Crippen LogP contribution in [0.2, 0.25) is 0 Å². The lowest BCUT2D eigenvalue weighted by Gasteiger charge is -2.37. The number of rotatable bonds is 5. The minimum atomic E-state index is -0.791. The number of aliphatic imine (C=N–C) groups is 1. The van der Waals surface area contributed by atoms with E-state index in [2.05, 4.69) is 32.8 Å². The van der Waals surface area contributed by atoms with Crippen LogP contribution in [-0.2, 0) is 19.1 Å². The van der Waals surface area contributed by atoms with Gasteiger partial charge in [0, 0.05) is 22.3 Å². The minimum absolute atomic E-state index is 0.0735. The Bertz CT molecular complexity index is 1370. The number of likely N-dealkylation sites (N-methyl/N-ethyl adjacent to an activating group) is 1. The second kappa shape index (κ2) is 11.0. The van der Waals surface area contributed by atoms with Crippen molar-refractivity contribution < 1.29 is 23.9 Å². The van der Waals surface area contributed by atoms with Gasteiger partial charge in [0.15, 0.2) is 5.70 Å². The van der Waals surface area contributed by atoms with E-state index in [-0.39, 0.29) is 23.7 Å². The molecule has 2 aromatic carbocycles. The number of esters is 2. The van der Waals surface area contributed by atoms with Crippen LogP contribution < -0.4 is 4.90 Å². The highest BCUT2D eigenvalue weighted by Crippen LogP contribution is 2.48. The van der Waals surface area contributed by atoms with Gasteiger partial charge in [-0.05, 0) is 49.7 Å². The number of fused-ring (bicyclic) bond motifs is 3. The number of anilines is 1. The number of amides is 1. The van der Waals surface area contributed by atoms with E-state index in [1.54, 1.807) is 36.1 Å². The second-order valence-electron chi connectivity index (χ2n) is 8.31. The number of carbonyl (C=O) groups excluding carboxylic acids is 3. The zero-order valence-corrected chi connectivity index (χ0v) is 22.5. The van der Waals surface area contributed by atoms with E-state index in [1.165, 1.54) is 14.2 Å². The topological polar surface area (TPSA) is 88.5 Å². The molecule has 0 saturated heterocycles. The Labute approximate surface area is 224 Å². The SMILES string of the molecule is CC#CCN1c2ccccc2C2C(N(CC)C(=O)c3ccc(Br)cc3)=NC(C(=O)OC)=C(C(=O)OC)C21. The minimum Gasteiger partial charge on any atom is -0.466 e. The molecule has 9 heteroatoms. The molecule has 2 aromatic rings. The largest absolute Gasteiger partial charge is 0.466 e. The van der Waals surface area contributed by atoms with Gasteiger partial charge in [0.1, 0.15) is 5.84 Å². The highest BCUT2D eigenvalue weighted by atomic mass is 79.9. The van der Waals surface area contributed by atoms with Crippen molar-refractivity contribution in [2.45, 2.75) is 25.8 Å². The van der Waals surface area contributed by atoms with Gasteiger partial charge < -0.3 is 14.4 Å². The van der Waals surface area contributed by atoms with E-state index in [0.717, 1.165) is 15.7 Å². The molecule has 1 amide bonds.